The quantitative estimate of drug-likeness (QED) is 0.158. The second-order valence-electron chi connectivity index (χ2n) is 15.4. The van der Waals surface area contributed by atoms with Gasteiger partial charge in [-0.25, -0.2) is 0 Å². The molecule has 0 bridgehead atoms. The Bertz CT molecular complexity index is 967. The van der Waals surface area contributed by atoms with Crippen LogP contribution in [0.1, 0.15) is 119 Å². The van der Waals surface area contributed by atoms with Gasteiger partial charge in [0.2, 0.25) is 0 Å². The van der Waals surface area contributed by atoms with Gasteiger partial charge in [-0.3, -0.25) is 4.79 Å². The molecule has 0 aliphatic heterocycles. The van der Waals surface area contributed by atoms with Gasteiger partial charge in [-0.15, -0.1) is 0 Å². The first kappa shape index (κ1) is 28.8. The van der Waals surface area contributed by atoms with Crippen LogP contribution in [0.5, 0.6) is 0 Å². The molecule has 1 N–H and O–H groups in total. The van der Waals surface area contributed by atoms with Crippen molar-refractivity contribution in [2.75, 3.05) is 6.61 Å². The number of carboxylic acid groups (broad SMARTS) is 1. The average molecular weight is 548 g/mol. The van der Waals surface area contributed by atoms with Gasteiger partial charge in [0.05, 0.1) is 17.2 Å². The Morgan fingerprint density at radius 1 is 0.921 bits per heavy atom. The molecular formula is C32H54NO4P. The number of oxime groups is 1. The molecule has 0 aromatic heterocycles. The van der Waals surface area contributed by atoms with Crippen LogP contribution < -0.4 is 0 Å². The summed E-state index contributed by atoms with van der Waals surface area (Å²) in [6, 6.07) is 0. The monoisotopic (exact) mass is 547 g/mol. The molecule has 0 aromatic rings. The van der Waals surface area contributed by atoms with Crippen molar-refractivity contribution in [2.45, 2.75) is 125 Å². The molecule has 5 aliphatic rings. The highest BCUT2D eigenvalue weighted by molar-refractivity contribution is 7.09. The highest BCUT2D eigenvalue weighted by Gasteiger charge is 2.72. The lowest BCUT2D eigenvalue weighted by atomic mass is 9.32. The van der Waals surface area contributed by atoms with Gasteiger partial charge >= 0.3 is 5.97 Å². The van der Waals surface area contributed by atoms with Gasteiger partial charge in [-0.2, -0.15) is 0 Å². The maximum Gasteiger partial charge on any atom is 0.309 e. The number of hydrogen-bond acceptors (Lipinski definition) is 4. The highest BCUT2D eigenvalue weighted by Crippen LogP contribution is 2.77. The van der Waals surface area contributed by atoms with Crippen LogP contribution in [0.25, 0.3) is 0 Å². The maximum atomic E-state index is 13.0. The zero-order valence-electron chi connectivity index (χ0n) is 25.1. The summed E-state index contributed by atoms with van der Waals surface area (Å²) in [5.74, 6) is 1.59. The predicted molar refractivity (Wildman–Crippen MR) is 156 cm³/mol. The van der Waals surface area contributed by atoms with E-state index in [2.05, 4.69) is 63.1 Å². The Labute approximate surface area is 233 Å². The van der Waals surface area contributed by atoms with Crippen molar-refractivity contribution in [3.05, 3.63) is 0 Å². The number of fused-ring (bicyclic) bond motifs is 7. The fourth-order valence-electron chi connectivity index (χ4n) is 12.0. The lowest BCUT2D eigenvalue weighted by Crippen LogP contribution is -2.67. The molecule has 38 heavy (non-hydrogen) atoms. The third-order valence-corrected chi connectivity index (χ3v) is 14.3. The van der Waals surface area contributed by atoms with Crippen molar-refractivity contribution in [1.82, 2.24) is 0 Å². The van der Waals surface area contributed by atoms with E-state index in [0.717, 1.165) is 50.7 Å². The van der Waals surface area contributed by atoms with Crippen LogP contribution in [-0.4, -0.2) is 29.5 Å². The van der Waals surface area contributed by atoms with Crippen LogP contribution >= 0.6 is 9.47 Å². The van der Waals surface area contributed by atoms with Gasteiger partial charge in [0, 0.05) is 15.4 Å². The summed E-state index contributed by atoms with van der Waals surface area (Å²) in [5.41, 5.74) is 1.28. The van der Waals surface area contributed by atoms with E-state index in [4.69, 9.17) is 9.36 Å². The first-order valence-electron chi connectivity index (χ1n) is 15.6. The lowest BCUT2D eigenvalue weighted by Gasteiger charge is -2.72. The van der Waals surface area contributed by atoms with Gasteiger partial charge in [0.25, 0.3) is 0 Å². The molecular weight excluding hydrogens is 493 g/mol. The summed E-state index contributed by atoms with van der Waals surface area (Å²) in [6.07, 6.45) is 12.1. The van der Waals surface area contributed by atoms with Gasteiger partial charge in [0.15, 0.2) is 0 Å². The second kappa shape index (κ2) is 9.71. The summed E-state index contributed by atoms with van der Waals surface area (Å²) in [5, 5.41) is 15.2. The highest BCUT2D eigenvalue weighted by atomic mass is 31.0. The number of nitrogens with zero attached hydrogens (tertiary/aromatic N) is 1. The molecule has 0 amide bonds. The molecule has 5 aliphatic carbocycles. The van der Waals surface area contributed by atoms with Crippen molar-refractivity contribution in [1.29, 1.82) is 0 Å². The third kappa shape index (κ3) is 3.75. The van der Waals surface area contributed by atoms with Crippen molar-refractivity contribution in [3.63, 3.8) is 0 Å². The molecule has 0 heterocycles. The van der Waals surface area contributed by atoms with E-state index in [-0.39, 0.29) is 28.1 Å². The molecule has 11 atom stereocenters. The number of rotatable bonds is 6. The fourth-order valence-corrected chi connectivity index (χ4v) is 12.4. The van der Waals surface area contributed by atoms with E-state index in [1.165, 1.54) is 25.7 Å². The van der Waals surface area contributed by atoms with E-state index >= 15 is 0 Å². The largest absolute Gasteiger partial charge is 0.481 e. The summed E-state index contributed by atoms with van der Waals surface area (Å²) in [7, 11) is 2.55. The number of carbonyl (C=O) groups is 1. The first-order chi connectivity index (χ1) is 17.8. The van der Waals surface area contributed by atoms with Crippen LogP contribution in [0.3, 0.4) is 0 Å². The minimum Gasteiger partial charge on any atom is -0.481 e. The van der Waals surface area contributed by atoms with Gasteiger partial charge in [-0.1, -0.05) is 46.7 Å². The summed E-state index contributed by atoms with van der Waals surface area (Å²) in [6.45, 7) is 17.5. The molecule has 6 heteroatoms. The normalized spacial score (nSPS) is 49.8. The van der Waals surface area contributed by atoms with Crippen LogP contribution in [0, 0.1) is 56.7 Å². The maximum absolute atomic E-state index is 13.0. The third-order valence-electron chi connectivity index (χ3n) is 14.0. The lowest BCUT2D eigenvalue weighted by molar-refractivity contribution is -0.245. The Morgan fingerprint density at radius 3 is 2.32 bits per heavy atom. The molecule has 5 rings (SSSR count). The zero-order valence-corrected chi connectivity index (χ0v) is 26.3. The van der Waals surface area contributed by atoms with Gasteiger partial charge in [-0.05, 0) is 123 Å². The second-order valence-corrected chi connectivity index (χ2v) is 15.6. The number of carboxylic acids is 1. The molecule has 0 saturated heterocycles. The standard InChI is InChI=1S/C32H54NO4P/c1-8-19-36-33-20(2)21-11-16-32(27(34)35)18-17-30(6)22(26(21)32)9-10-24-29(5)14-13-25(37-38)28(3,4)23(29)12-15-31(24,30)7/h21-26H,8-19,38H2,1-7H3,(H,34,35)/b33-20-/t21-,22?,23?,24?,25-,26?,29-,30+,31+,32-/m0/s1. The predicted octanol–water partition coefficient (Wildman–Crippen LogP) is 8.13. The SMILES string of the molecule is CCCO/N=C(/C)[C@@H]1CC[C@]2(C(=O)O)CC[C@]3(C)C(CCC4[C@@]5(C)CC[C@H](OP)C(C)(C)C5CC[C@]43C)C12. The first-order valence-corrected chi connectivity index (χ1v) is 16.1. The molecule has 5 saturated carbocycles. The average Bonchev–Trinajstić information content (AvgIpc) is 3.25. The van der Waals surface area contributed by atoms with Crippen LogP contribution in [-0.2, 0) is 14.2 Å². The van der Waals surface area contributed by atoms with Crippen LogP contribution in [0.15, 0.2) is 5.16 Å². The van der Waals surface area contributed by atoms with Crippen molar-refractivity contribution in [2.24, 2.45) is 61.8 Å². The van der Waals surface area contributed by atoms with Gasteiger partial charge in [0.1, 0.15) is 6.61 Å². The zero-order chi connectivity index (χ0) is 27.7. The van der Waals surface area contributed by atoms with Crippen molar-refractivity contribution in [3.8, 4) is 0 Å². The minimum atomic E-state index is -0.600. The molecule has 216 valence electrons. The van der Waals surface area contributed by atoms with E-state index in [1.807, 2.05) is 0 Å². The molecule has 5 nitrogen and oxygen atoms in total. The Hall–Kier alpha value is -0.670. The Morgan fingerprint density at radius 2 is 1.66 bits per heavy atom. The van der Waals surface area contributed by atoms with Crippen LogP contribution in [0.2, 0.25) is 0 Å². The molecule has 0 aromatic carbocycles. The van der Waals surface area contributed by atoms with Crippen molar-refractivity contribution >= 4 is 21.1 Å². The number of aliphatic carboxylic acids is 1. The van der Waals surface area contributed by atoms with E-state index < -0.39 is 11.4 Å². The molecule has 5 fully saturated rings. The van der Waals surface area contributed by atoms with Crippen molar-refractivity contribution < 1.29 is 19.3 Å². The molecule has 0 spiro atoms. The molecule has 0 radical (unpaired) electrons. The Kier molecular flexibility index (Phi) is 7.37. The topological polar surface area (TPSA) is 68.1 Å². The summed E-state index contributed by atoms with van der Waals surface area (Å²) >= 11 is 0. The molecule has 5 unspecified atom stereocenters. The summed E-state index contributed by atoms with van der Waals surface area (Å²) in [4.78, 5) is 18.6. The van der Waals surface area contributed by atoms with E-state index in [0.29, 0.717) is 35.9 Å². The van der Waals surface area contributed by atoms with Crippen LogP contribution in [0.4, 0.5) is 0 Å². The minimum absolute atomic E-state index is 0.152. The fraction of sp³-hybridized carbons (Fsp3) is 0.938. The van der Waals surface area contributed by atoms with Gasteiger partial charge < -0.3 is 14.5 Å². The smallest absolute Gasteiger partial charge is 0.309 e. The van der Waals surface area contributed by atoms with E-state index in [1.54, 1.807) is 0 Å². The number of hydrogen-bond donors (Lipinski definition) is 1. The Balaban J connectivity index is 1.52. The van der Waals surface area contributed by atoms with E-state index in [9.17, 15) is 9.90 Å². The summed E-state index contributed by atoms with van der Waals surface area (Å²) < 4.78 is 5.96.